The summed E-state index contributed by atoms with van der Waals surface area (Å²) < 4.78 is 47.9. The molecule has 0 amide bonds. The maximum Gasteiger partial charge on any atom is 0.408 e. The molecule has 4 nitrogen and oxygen atoms in total. The molecule has 1 rings (SSSR count). The zero-order valence-corrected chi connectivity index (χ0v) is 11.2. The van der Waals surface area contributed by atoms with Crippen LogP contribution in [0.3, 0.4) is 0 Å². The van der Waals surface area contributed by atoms with Gasteiger partial charge in [0.05, 0.1) is 14.2 Å². The first kappa shape index (κ1) is 16.1. The summed E-state index contributed by atoms with van der Waals surface area (Å²) in [4.78, 5) is 10.9. The van der Waals surface area contributed by atoms with Gasteiger partial charge >= 0.3 is 12.1 Å². The minimum Gasteiger partial charge on any atom is -0.497 e. The molecule has 0 spiro atoms. The van der Waals surface area contributed by atoms with Crippen molar-refractivity contribution in [3.8, 4) is 5.75 Å². The molecule has 0 aliphatic heterocycles. The van der Waals surface area contributed by atoms with Gasteiger partial charge in [0.25, 0.3) is 0 Å². The highest BCUT2D eigenvalue weighted by Crippen LogP contribution is 2.27. The smallest absolute Gasteiger partial charge is 0.408 e. The predicted octanol–water partition coefficient (Wildman–Crippen LogP) is 2.99. The third-order valence-electron chi connectivity index (χ3n) is 2.69. The number of methoxy groups -OCH3 is 2. The molecule has 0 unspecified atom stereocenters. The van der Waals surface area contributed by atoms with Crippen LogP contribution in [0.15, 0.2) is 24.3 Å². The fourth-order valence-corrected chi connectivity index (χ4v) is 1.57. The standard InChI is InChI=1S/C13H16F3NO3/c1-19-10-5-3-9(4-6-10)17-11(13(14,15)16)7-8-12(18)20-2/h3-6,11,17H,7-8H2,1-2H3/t11-/m1/s1. The summed E-state index contributed by atoms with van der Waals surface area (Å²) in [7, 11) is 2.61. The predicted molar refractivity (Wildman–Crippen MR) is 67.7 cm³/mol. The molecule has 0 saturated carbocycles. The SMILES string of the molecule is COC(=O)CC[C@@H](Nc1ccc(OC)cc1)C(F)(F)F. The van der Waals surface area contributed by atoms with E-state index in [-0.39, 0.29) is 12.8 Å². The molecule has 7 heteroatoms. The first-order valence-electron chi connectivity index (χ1n) is 5.91. The Morgan fingerprint density at radius 2 is 1.85 bits per heavy atom. The van der Waals surface area contributed by atoms with Gasteiger partial charge in [0.15, 0.2) is 0 Å². The second-order valence-electron chi connectivity index (χ2n) is 4.08. The van der Waals surface area contributed by atoms with Crippen LogP contribution in [0.25, 0.3) is 0 Å². The second-order valence-corrected chi connectivity index (χ2v) is 4.08. The van der Waals surface area contributed by atoms with Gasteiger partial charge in [-0.15, -0.1) is 0 Å². The van der Waals surface area contributed by atoms with E-state index in [0.29, 0.717) is 11.4 Å². The molecular weight excluding hydrogens is 275 g/mol. The number of anilines is 1. The average Bonchev–Trinajstić information content (AvgIpc) is 2.42. The van der Waals surface area contributed by atoms with Crippen molar-refractivity contribution in [2.75, 3.05) is 19.5 Å². The summed E-state index contributed by atoms with van der Waals surface area (Å²) in [6, 6.07) is 4.26. The molecule has 0 heterocycles. The van der Waals surface area contributed by atoms with Crippen molar-refractivity contribution in [2.24, 2.45) is 0 Å². The number of nitrogens with one attached hydrogen (secondary N) is 1. The summed E-state index contributed by atoms with van der Waals surface area (Å²) in [5.41, 5.74) is 0.304. The van der Waals surface area contributed by atoms with Crippen molar-refractivity contribution >= 4 is 11.7 Å². The van der Waals surface area contributed by atoms with Crippen LogP contribution >= 0.6 is 0 Å². The molecule has 0 radical (unpaired) electrons. The molecule has 0 aliphatic rings. The Balaban J connectivity index is 2.71. The van der Waals surface area contributed by atoms with E-state index in [2.05, 4.69) is 10.1 Å². The topological polar surface area (TPSA) is 47.6 Å². The Hall–Kier alpha value is -1.92. The van der Waals surface area contributed by atoms with E-state index < -0.39 is 18.2 Å². The lowest BCUT2D eigenvalue weighted by atomic mass is 10.1. The van der Waals surface area contributed by atoms with E-state index in [1.54, 1.807) is 12.1 Å². The van der Waals surface area contributed by atoms with Gasteiger partial charge in [-0.1, -0.05) is 0 Å². The molecule has 1 aromatic rings. The third-order valence-corrected chi connectivity index (χ3v) is 2.69. The lowest BCUT2D eigenvalue weighted by Gasteiger charge is -2.22. The van der Waals surface area contributed by atoms with Crippen LogP contribution < -0.4 is 10.1 Å². The highest BCUT2D eigenvalue weighted by Gasteiger charge is 2.39. The number of hydrogen-bond donors (Lipinski definition) is 1. The van der Waals surface area contributed by atoms with Crippen LogP contribution in [0.5, 0.6) is 5.75 Å². The van der Waals surface area contributed by atoms with E-state index >= 15 is 0 Å². The zero-order chi connectivity index (χ0) is 15.2. The summed E-state index contributed by atoms with van der Waals surface area (Å²) in [6.07, 6.45) is -5.14. The zero-order valence-electron chi connectivity index (χ0n) is 11.2. The van der Waals surface area contributed by atoms with Crippen molar-refractivity contribution < 1.29 is 27.4 Å². The molecule has 0 aliphatic carbocycles. The molecule has 20 heavy (non-hydrogen) atoms. The second kappa shape index (κ2) is 7.02. The maximum absolute atomic E-state index is 12.9. The minimum atomic E-state index is -4.45. The maximum atomic E-state index is 12.9. The van der Waals surface area contributed by atoms with Gasteiger partial charge in [0, 0.05) is 12.1 Å². The molecule has 1 aromatic carbocycles. The van der Waals surface area contributed by atoms with Crippen molar-refractivity contribution in [1.29, 1.82) is 0 Å². The molecule has 0 saturated heterocycles. The number of ether oxygens (including phenoxy) is 2. The van der Waals surface area contributed by atoms with E-state index in [1.807, 2.05) is 0 Å². The molecule has 0 bridgehead atoms. The van der Waals surface area contributed by atoms with Gasteiger partial charge in [0.2, 0.25) is 0 Å². The van der Waals surface area contributed by atoms with Crippen LogP contribution in [0.4, 0.5) is 18.9 Å². The largest absolute Gasteiger partial charge is 0.497 e. The Morgan fingerprint density at radius 1 is 1.25 bits per heavy atom. The Bertz CT molecular complexity index is 431. The number of rotatable bonds is 6. The Labute approximate surface area is 114 Å². The molecule has 112 valence electrons. The summed E-state index contributed by atoms with van der Waals surface area (Å²) in [6.45, 7) is 0. The van der Waals surface area contributed by atoms with E-state index in [0.717, 1.165) is 7.11 Å². The molecule has 1 N–H and O–H groups in total. The monoisotopic (exact) mass is 291 g/mol. The normalized spacial score (nSPS) is 12.7. The average molecular weight is 291 g/mol. The fraction of sp³-hybridized carbons (Fsp3) is 0.462. The van der Waals surface area contributed by atoms with E-state index in [9.17, 15) is 18.0 Å². The van der Waals surface area contributed by atoms with Crippen LogP contribution in [0, 0.1) is 0 Å². The van der Waals surface area contributed by atoms with Gasteiger partial charge in [-0.2, -0.15) is 13.2 Å². The number of carbonyl (C=O) groups excluding carboxylic acids is 1. The lowest BCUT2D eigenvalue weighted by Crippen LogP contribution is -2.36. The van der Waals surface area contributed by atoms with Crippen LogP contribution in [-0.4, -0.2) is 32.4 Å². The summed E-state index contributed by atoms with van der Waals surface area (Å²) in [5, 5.41) is 2.36. The van der Waals surface area contributed by atoms with Crippen molar-refractivity contribution in [3.63, 3.8) is 0 Å². The first-order chi connectivity index (χ1) is 9.36. The molecule has 0 fully saturated rings. The van der Waals surface area contributed by atoms with Gasteiger partial charge in [0.1, 0.15) is 11.8 Å². The molecule has 0 aromatic heterocycles. The first-order valence-corrected chi connectivity index (χ1v) is 5.91. The van der Waals surface area contributed by atoms with Crippen LogP contribution in [0.2, 0.25) is 0 Å². The molecule has 1 atom stereocenters. The Morgan fingerprint density at radius 3 is 2.30 bits per heavy atom. The number of carbonyl (C=O) groups is 1. The van der Waals surface area contributed by atoms with E-state index in [1.165, 1.54) is 19.2 Å². The van der Waals surface area contributed by atoms with Gasteiger partial charge < -0.3 is 14.8 Å². The van der Waals surface area contributed by atoms with Gasteiger partial charge in [-0.3, -0.25) is 4.79 Å². The summed E-state index contributed by atoms with van der Waals surface area (Å²) >= 11 is 0. The fourth-order valence-electron chi connectivity index (χ4n) is 1.57. The van der Waals surface area contributed by atoms with Crippen LogP contribution in [-0.2, 0) is 9.53 Å². The van der Waals surface area contributed by atoms with Crippen molar-refractivity contribution in [1.82, 2.24) is 0 Å². The number of alkyl halides is 3. The number of benzene rings is 1. The van der Waals surface area contributed by atoms with Crippen LogP contribution in [0.1, 0.15) is 12.8 Å². The van der Waals surface area contributed by atoms with Gasteiger partial charge in [-0.05, 0) is 30.7 Å². The number of esters is 1. The quantitative estimate of drug-likeness (QED) is 0.819. The number of hydrogen-bond acceptors (Lipinski definition) is 4. The van der Waals surface area contributed by atoms with Crippen molar-refractivity contribution in [2.45, 2.75) is 25.1 Å². The van der Waals surface area contributed by atoms with E-state index in [4.69, 9.17) is 4.74 Å². The Kier molecular flexibility index (Phi) is 5.66. The van der Waals surface area contributed by atoms with Crippen molar-refractivity contribution in [3.05, 3.63) is 24.3 Å². The highest BCUT2D eigenvalue weighted by atomic mass is 19.4. The molecular formula is C13H16F3NO3. The lowest BCUT2D eigenvalue weighted by molar-refractivity contribution is -0.149. The minimum absolute atomic E-state index is 0.302. The highest BCUT2D eigenvalue weighted by molar-refractivity contribution is 5.69. The third kappa shape index (κ3) is 4.99. The van der Waals surface area contributed by atoms with Gasteiger partial charge in [-0.25, -0.2) is 0 Å². The number of halogens is 3. The summed E-state index contributed by atoms with van der Waals surface area (Å²) in [5.74, 6) is -0.121.